The van der Waals surface area contributed by atoms with Gasteiger partial charge in [-0.15, -0.1) is 0 Å². The molecule has 0 radical (unpaired) electrons. The molecule has 2 N–H and O–H groups in total. The van der Waals surface area contributed by atoms with Crippen LogP contribution in [0.25, 0.3) is 11.2 Å². The lowest BCUT2D eigenvalue weighted by molar-refractivity contribution is -0.166. The van der Waals surface area contributed by atoms with E-state index in [9.17, 15) is 18.8 Å². The van der Waals surface area contributed by atoms with Crippen molar-refractivity contribution in [2.75, 3.05) is 11.9 Å². The number of carbonyl (C=O) groups excluding carboxylic acids is 3. The topological polar surface area (TPSA) is 155 Å². The van der Waals surface area contributed by atoms with Gasteiger partial charge in [-0.05, 0) is 0 Å². The van der Waals surface area contributed by atoms with Crippen molar-refractivity contribution >= 4 is 34.9 Å². The van der Waals surface area contributed by atoms with Crippen LogP contribution in [0.1, 0.15) is 27.2 Å². The summed E-state index contributed by atoms with van der Waals surface area (Å²) in [6.45, 7) is 3.71. The zero-order valence-corrected chi connectivity index (χ0v) is 16.4. The largest absolute Gasteiger partial charge is 0.463 e. The lowest BCUT2D eigenvalue weighted by Crippen LogP contribution is -2.43. The highest BCUT2D eigenvalue weighted by molar-refractivity contribution is 5.82. The minimum absolute atomic E-state index is 0.00717. The van der Waals surface area contributed by atoms with E-state index in [-0.39, 0.29) is 30.0 Å². The number of anilines is 1. The van der Waals surface area contributed by atoms with Crippen LogP contribution >= 0.6 is 0 Å². The molecule has 1 unspecified atom stereocenters. The number of carbonyl (C=O) groups is 3. The summed E-state index contributed by atoms with van der Waals surface area (Å²) in [5.41, 5.74) is 0.353. The van der Waals surface area contributed by atoms with Crippen LogP contribution in [0.5, 0.6) is 0 Å². The van der Waals surface area contributed by atoms with E-state index in [4.69, 9.17) is 18.9 Å². The molecule has 0 saturated carbocycles. The number of fused-ring (bicyclic) bond motifs is 1. The lowest BCUT2D eigenvalue weighted by Gasteiger charge is -2.24. The highest BCUT2D eigenvalue weighted by atomic mass is 19.1. The molecule has 0 aromatic carbocycles. The summed E-state index contributed by atoms with van der Waals surface area (Å²) in [5, 5.41) is 2.82. The Bertz CT molecular complexity index is 952. The molecule has 13 heteroatoms. The summed E-state index contributed by atoms with van der Waals surface area (Å²) in [6, 6.07) is 0. The van der Waals surface area contributed by atoms with Crippen LogP contribution in [0.3, 0.4) is 0 Å². The number of H-pyrrole nitrogens is 1. The van der Waals surface area contributed by atoms with Gasteiger partial charge in [0.05, 0.1) is 6.33 Å². The number of hydrogen-bond acceptors (Lipinski definition) is 11. The Kier molecular flexibility index (Phi) is 6.40. The fourth-order valence-electron chi connectivity index (χ4n) is 2.92. The van der Waals surface area contributed by atoms with Gasteiger partial charge in [0.25, 0.3) is 0 Å². The van der Waals surface area contributed by atoms with E-state index in [1.807, 2.05) is 0 Å². The summed E-state index contributed by atoms with van der Waals surface area (Å²) >= 11 is 0. The van der Waals surface area contributed by atoms with E-state index in [1.54, 1.807) is 6.92 Å². The van der Waals surface area contributed by atoms with E-state index in [0.717, 1.165) is 0 Å². The lowest BCUT2D eigenvalue weighted by atomic mass is 10.1. The van der Waals surface area contributed by atoms with Crippen molar-refractivity contribution in [2.45, 2.75) is 51.7 Å². The Morgan fingerprint density at radius 1 is 1.20 bits per heavy atom. The van der Waals surface area contributed by atoms with Gasteiger partial charge in [0.2, 0.25) is 0 Å². The molecule has 1 saturated heterocycles. The number of aromatic nitrogens is 4. The van der Waals surface area contributed by atoms with E-state index in [2.05, 4.69) is 25.3 Å². The summed E-state index contributed by atoms with van der Waals surface area (Å²) < 4.78 is 35.2. The Morgan fingerprint density at radius 3 is 2.63 bits per heavy atom. The average molecular weight is 425 g/mol. The Hall–Kier alpha value is -3.35. The summed E-state index contributed by atoms with van der Waals surface area (Å²) in [6.07, 6.45) is -3.95. The molecule has 2 aromatic rings. The van der Waals surface area contributed by atoms with Crippen molar-refractivity contribution in [3.63, 3.8) is 0 Å². The first-order valence-corrected chi connectivity index (χ1v) is 9.07. The van der Waals surface area contributed by atoms with Gasteiger partial charge in [-0.25, -0.2) is 4.98 Å². The minimum Gasteiger partial charge on any atom is -0.463 e. The van der Waals surface area contributed by atoms with Gasteiger partial charge in [0.15, 0.2) is 29.9 Å². The van der Waals surface area contributed by atoms with E-state index in [1.165, 1.54) is 20.2 Å². The summed E-state index contributed by atoms with van der Waals surface area (Å²) in [7, 11) is 0. The van der Waals surface area contributed by atoms with Crippen molar-refractivity contribution in [3.05, 3.63) is 12.4 Å². The van der Waals surface area contributed by atoms with Crippen LogP contribution in [0.2, 0.25) is 0 Å². The maximum absolute atomic E-state index is 13.8. The van der Waals surface area contributed by atoms with Crippen LogP contribution in [0, 0.1) is 6.08 Å². The molecule has 12 nitrogen and oxygen atoms in total. The Labute approximate surface area is 169 Å². The fraction of sp³-hybridized carbons (Fsp3) is 0.529. The summed E-state index contributed by atoms with van der Waals surface area (Å²) in [4.78, 5) is 48.7. The smallest absolute Gasteiger partial charge is 0.312 e. The average Bonchev–Trinajstić information content (AvgIpc) is 3.25. The molecule has 1 aliphatic rings. The first-order chi connectivity index (χ1) is 14.3. The number of halogens is 1. The van der Waals surface area contributed by atoms with Crippen molar-refractivity contribution < 1.29 is 37.7 Å². The van der Waals surface area contributed by atoms with E-state index in [0.29, 0.717) is 0 Å². The third kappa shape index (κ3) is 4.79. The van der Waals surface area contributed by atoms with E-state index >= 15 is 0 Å². The van der Waals surface area contributed by atoms with Crippen molar-refractivity contribution in [1.29, 1.82) is 0 Å². The van der Waals surface area contributed by atoms with Crippen LogP contribution in [-0.2, 0) is 33.3 Å². The van der Waals surface area contributed by atoms with Crippen LogP contribution in [-0.4, -0.2) is 69.0 Å². The number of esters is 3. The first-order valence-electron chi connectivity index (χ1n) is 9.07. The quantitative estimate of drug-likeness (QED) is 0.361. The molecule has 0 spiro atoms. The number of nitrogens with one attached hydrogen (secondary N) is 2. The maximum atomic E-state index is 13.8. The second-order valence-electron chi connectivity index (χ2n) is 6.37. The number of aromatic amines is 1. The SMILES string of the molecule is CCC(=O)O[C@@H]1C(Nc2nc(F)nc3nc[nH]c23)O[C@H](COC(C)=O)[C@H]1OC(C)=O. The first kappa shape index (κ1) is 21.4. The number of nitrogens with zero attached hydrogens (tertiary/aromatic N) is 3. The number of hydrogen-bond donors (Lipinski definition) is 2. The zero-order valence-electron chi connectivity index (χ0n) is 16.4. The predicted octanol–water partition coefficient (Wildman–Crippen LogP) is 0.445. The van der Waals surface area contributed by atoms with Crippen molar-refractivity contribution in [3.8, 4) is 0 Å². The predicted molar refractivity (Wildman–Crippen MR) is 96.3 cm³/mol. The van der Waals surface area contributed by atoms with Gasteiger partial charge in [-0.3, -0.25) is 14.4 Å². The summed E-state index contributed by atoms with van der Waals surface area (Å²) in [5.74, 6) is -1.82. The van der Waals surface area contributed by atoms with Gasteiger partial charge in [-0.2, -0.15) is 14.4 Å². The molecule has 4 atom stereocenters. The van der Waals surface area contributed by atoms with Crippen LogP contribution in [0.4, 0.5) is 10.2 Å². The molecular formula is C17H20FN5O7. The third-order valence-electron chi connectivity index (χ3n) is 4.16. The molecule has 1 fully saturated rings. The zero-order chi connectivity index (χ0) is 21.8. The number of ether oxygens (including phenoxy) is 4. The fourth-order valence-corrected chi connectivity index (χ4v) is 2.92. The molecule has 3 heterocycles. The second kappa shape index (κ2) is 8.98. The minimum atomic E-state index is -1.13. The highest BCUT2D eigenvalue weighted by Gasteiger charge is 2.50. The maximum Gasteiger partial charge on any atom is 0.312 e. The molecule has 2 aromatic heterocycles. The standard InChI is InChI=1S/C17H20FN5O7/c1-4-10(26)30-13-12(28-8(3)25)9(5-27-7(2)24)29-16(13)21-15-11-14(20-6-19-11)22-17(18)23-15/h6,9,12-13,16H,4-5H2,1-3H3,(H2,19,20,21,22,23)/t9-,12-,13+,16?/m1/s1. The van der Waals surface area contributed by atoms with Crippen LogP contribution in [0.15, 0.2) is 6.33 Å². The molecule has 0 bridgehead atoms. The van der Waals surface area contributed by atoms with Crippen molar-refractivity contribution in [2.24, 2.45) is 0 Å². The highest BCUT2D eigenvalue weighted by Crippen LogP contribution is 2.30. The Balaban J connectivity index is 1.92. The molecule has 0 aliphatic carbocycles. The third-order valence-corrected chi connectivity index (χ3v) is 4.16. The monoisotopic (exact) mass is 425 g/mol. The van der Waals surface area contributed by atoms with Gasteiger partial charge in [0.1, 0.15) is 18.2 Å². The number of rotatable bonds is 7. The Morgan fingerprint density at radius 2 is 1.97 bits per heavy atom. The van der Waals surface area contributed by atoms with Gasteiger partial charge in [0, 0.05) is 20.3 Å². The number of imidazole rings is 1. The van der Waals surface area contributed by atoms with Crippen molar-refractivity contribution in [1.82, 2.24) is 19.9 Å². The van der Waals surface area contributed by atoms with Gasteiger partial charge >= 0.3 is 24.0 Å². The molecule has 1 aliphatic heterocycles. The molecule has 30 heavy (non-hydrogen) atoms. The molecule has 3 rings (SSSR count). The molecule has 0 amide bonds. The van der Waals surface area contributed by atoms with Gasteiger partial charge in [-0.1, -0.05) is 6.92 Å². The van der Waals surface area contributed by atoms with Gasteiger partial charge < -0.3 is 29.2 Å². The second-order valence-corrected chi connectivity index (χ2v) is 6.37. The molecular weight excluding hydrogens is 405 g/mol. The van der Waals surface area contributed by atoms with Crippen LogP contribution < -0.4 is 5.32 Å². The van der Waals surface area contributed by atoms with E-state index < -0.39 is 48.5 Å². The molecule has 162 valence electrons. The normalized spacial score (nSPS) is 23.2.